The Morgan fingerprint density at radius 2 is 2.03 bits per heavy atom. The number of aliphatic imine (C=N–C) groups is 1. The van der Waals surface area contributed by atoms with Crippen molar-refractivity contribution in [3.63, 3.8) is 0 Å². The Balaban J connectivity index is 0.00000341. The lowest BCUT2D eigenvalue weighted by molar-refractivity contribution is -0.118. The minimum atomic E-state index is 0. The highest BCUT2D eigenvalue weighted by atomic mass is 127. The Hall–Kier alpha value is -1.35. The maximum atomic E-state index is 12.6. The second kappa shape index (κ2) is 12.0. The molecule has 1 amide bonds. The number of para-hydroxylation sites is 1. The molecule has 7 heteroatoms. The smallest absolute Gasteiger partial charge is 0.227 e. The number of rotatable bonds is 6. The van der Waals surface area contributed by atoms with Crippen LogP contribution in [0.3, 0.4) is 0 Å². The molecule has 2 heterocycles. The van der Waals surface area contributed by atoms with Crippen LogP contribution in [-0.2, 0) is 16.0 Å². The van der Waals surface area contributed by atoms with Gasteiger partial charge in [-0.25, -0.2) is 0 Å². The maximum absolute atomic E-state index is 12.6. The fraction of sp³-hybridized carbons (Fsp3) is 0.667. The predicted octanol–water partition coefficient (Wildman–Crippen LogP) is 3.98. The highest BCUT2D eigenvalue weighted by molar-refractivity contribution is 14.0. The summed E-state index contributed by atoms with van der Waals surface area (Å²) in [5.41, 5.74) is 2.49. The van der Waals surface area contributed by atoms with Gasteiger partial charge in [-0.1, -0.05) is 39.0 Å². The molecule has 0 aliphatic carbocycles. The zero-order valence-corrected chi connectivity index (χ0v) is 21.8. The molecule has 2 N–H and O–H groups in total. The van der Waals surface area contributed by atoms with E-state index in [0.717, 1.165) is 57.2 Å². The van der Waals surface area contributed by atoms with Gasteiger partial charge in [-0.15, -0.1) is 24.0 Å². The van der Waals surface area contributed by atoms with Crippen molar-refractivity contribution in [2.45, 2.75) is 59.0 Å². The number of guanidine groups is 1. The first-order valence-electron chi connectivity index (χ1n) is 11.3. The number of halogens is 1. The molecule has 1 saturated heterocycles. The second-order valence-electron chi connectivity index (χ2n) is 9.47. The van der Waals surface area contributed by atoms with Crippen molar-refractivity contribution in [2.75, 3.05) is 38.2 Å². The van der Waals surface area contributed by atoms with Gasteiger partial charge in [0.25, 0.3) is 0 Å². The number of amides is 1. The van der Waals surface area contributed by atoms with Crippen LogP contribution < -0.4 is 15.5 Å². The molecule has 0 aromatic heterocycles. The molecule has 0 spiro atoms. The highest BCUT2D eigenvalue weighted by Gasteiger charge is 2.35. The monoisotopic (exact) mass is 542 g/mol. The first-order valence-corrected chi connectivity index (χ1v) is 11.3. The fourth-order valence-corrected chi connectivity index (χ4v) is 4.64. The van der Waals surface area contributed by atoms with Crippen molar-refractivity contribution in [2.24, 2.45) is 16.3 Å². The SMILES string of the molecule is CN=C(NCCCC(=O)N1CCc2ccccc21)NCC1CCCOC1C(C)(C)C.I. The molecular formula is C24H39IN4O2. The summed E-state index contributed by atoms with van der Waals surface area (Å²) in [5, 5.41) is 6.82. The molecule has 3 rings (SSSR count). The van der Waals surface area contributed by atoms with Gasteiger partial charge in [0.05, 0.1) is 6.10 Å². The summed E-state index contributed by atoms with van der Waals surface area (Å²) in [5.74, 6) is 1.48. The highest BCUT2D eigenvalue weighted by Crippen LogP contribution is 2.33. The number of nitrogens with one attached hydrogen (secondary N) is 2. The Bertz CT molecular complexity index is 747. The van der Waals surface area contributed by atoms with Gasteiger partial charge < -0.3 is 20.3 Å². The molecule has 0 bridgehead atoms. The van der Waals surface area contributed by atoms with Crippen molar-refractivity contribution < 1.29 is 9.53 Å². The third-order valence-corrected chi connectivity index (χ3v) is 6.10. The van der Waals surface area contributed by atoms with E-state index in [1.807, 2.05) is 23.1 Å². The standard InChI is InChI=1S/C24H38N4O2.HI/c1-24(2,3)22-19(10-8-16-30-22)17-27-23(25-4)26-14-7-12-21(29)28-15-13-18-9-5-6-11-20(18)28;/h5-6,9,11,19,22H,7-8,10,12-17H2,1-4H3,(H2,25,26,27);1H. The van der Waals surface area contributed by atoms with E-state index in [2.05, 4.69) is 42.5 Å². The molecule has 0 radical (unpaired) electrons. The molecule has 6 nitrogen and oxygen atoms in total. The van der Waals surface area contributed by atoms with E-state index in [1.165, 1.54) is 12.0 Å². The van der Waals surface area contributed by atoms with Crippen molar-refractivity contribution in [1.82, 2.24) is 10.6 Å². The summed E-state index contributed by atoms with van der Waals surface area (Å²) < 4.78 is 6.08. The van der Waals surface area contributed by atoms with Crippen molar-refractivity contribution in [3.8, 4) is 0 Å². The molecule has 0 saturated carbocycles. The van der Waals surface area contributed by atoms with E-state index in [9.17, 15) is 4.79 Å². The first-order chi connectivity index (χ1) is 14.4. The van der Waals surface area contributed by atoms with Gasteiger partial charge in [0.1, 0.15) is 0 Å². The van der Waals surface area contributed by atoms with E-state index in [0.29, 0.717) is 12.3 Å². The van der Waals surface area contributed by atoms with Crippen molar-refractivity contribution >= 4 is 41.5 Å². The summed E-state index contributed by atoms with van der Waals surface area (Å²) in [6, 6.07) is 8.20. The number of anilines is 1. The lowest BCUT2D eigenvalue weighted by atomic mass is 9.78. The van der Waals surface area contributed by atoms with E-state index in [1.54, 1.807) is 7.05 Å². The van der Waals surface area contributed by atoms with Crippen LogP contribution in [0, 0.1) is 11.3 Å². The second-order valence-corrected chi connectivity index (χ2v) is 9.47. The van der Waals surface area contributed by atoms with Crippen LogP contribution in [0.15, 0.2) is 29.3 Å². The summed E-state index contributed by atoms with van der Waals surface area (Å²) in [6.45, 7) is 9.99. The van der Waals surface area contributed by atoms with Crippen LogP contribution in [0.2, 0.25) is 0 Å². The summed E-state index contributed by atoms with van der Waals surface area (Å²) >= 11 is 0. The summed E-state index contributed by atoms with van der Waals surface area (Å²) in [4.78, 5) is 18.9. The number of nitrogens with zero attached hydrogens (tertiary/aromatic N) is 2. The zero-order valence-electron chi connectivity index (χ0n) is 19.4. The largest absolute Gasteiger partial charge is 0.377 e. The summed E-state index contributed by atoms with van der Waals surface area (Å²) in [6.07, 6.45) is 4.84. The van der Waals surface area contributed by atoms with Gasteiger partial charge in [0, 0.05) is 51.3 Å². The number of ether oxygens (including phenoxy) is 1. The van der Waals surface area contributed by atoms with Crippen LogP contribution in [0.5, 0.6) is 0 Å². The molecule has 2 aliphatic rings. The van der Waals surface area contributed by atoms with Gasteiger partial charge in [0.15, 0.2) is 5.96 Å². The molecule has 31 heavy (non-hydrogen) atoms. The van der Waals surface area contributed by atoms with Crippen LogP contribution in [0.1, 0.15) is 52.0 Å². The van der Waals surface area contributed by atoms with Gasteiger partial charge in [-0.3, -0.25) is 9.79 Å². The van der Waals surface area contributed by atoms with Crippen LogP contribution in [0.4, 0.5) is 5.69 Å². The molecule has 2 unspecified atom stereocenters. The number of benzene rings is 1. The Labute approximate surface area is 204 Å². The number of carbonyl (C=O) groups is 1. The van der Waals surface area contributed by atoms with E-state index in [-0.39, 0.29) is 41.4 Å². The van der Waals surface area contributed by atoms with Gasteiger partial charge in [0.2, 0.25) is 5.91 Å². The van der Waals surface area contributed by atoms with E-state index >= 15 is 0 Å². The Morgan fingerprint density at radius 3 is 2.77 bits per heavy atom. The molecule has 1 fully saturated rings. The van der Waals surface area contributed by atoms with Gasteiger partial charge >= 0.3 is 0 Å². The third-order valence-electron chi connectivity index (χ3n) is 6.10. The van der Waals surface area contributed by atoms with Crippen LogP contribution >= 0.6 is 24.0 Å². The van der Waals surface area contributed by atoms with Crippen LogP contribution in [-0.4, -0.2) is 51.3 Å². The third kappa shape index (κ3) is 7.07. The van der Waals surface area contributed by atoms with Crippen molar-refractivity contribution in [1.29, 1.82) is 0 Å². The lowest BCUT2D eigenvalue weighted by Crippen LogP contribution is -2.47. The maximum Gasteiger partial charge on any atom is 0.227 e. The average Bonchev–Trinajstić information content (AvgIpc) is 3.17. The average molecular weight is 543 g/mol. The van der Waals surface area contributed by atoms with Crippen LogP contribution in [0.25, 0.3) is 0 Å². The molecular weight excluding hydrogens is 503 g/mol. The fourth-order valence-electron chi connectivity index (χ4n) is 4.64. The molecule has 1 aromatic carbocycles. The van der Waals surface area contributed by atoms with E-state index in [4.69, 9.17) is 4.74 Å². The van der Waals surface area contributed by atoms with Gasteiger partial charge in [-0.2, -0.15) is 0 Å². The molecule has 1 aromatic rings. The molecule has 2 atom stereocenters. The zero-order chi connectivity index (χ0) is 21.6. The topological polar surface area (TPSA) is 66.0 Å². The number of fused-ring (bicyclic) bond motifs is 1. The summed E-state index contributed by atoms with van der Waals surface area (Å²) in [7, 11) is 1.79. The quantitative estimate of drug-likeness (QED) is 0.247. The number of hydrogen-bond acceptors (Lipinski definition) is 3. The Morgan fingerprint density at radius 1 is 1.26 bits per heavy atom. The lowest BCUT2D eigenvalue weighted by Gasteiger charge is -2.40. The minimum absolute atomic E-state index is 0. The Kier molecular flexibility index (Phi) is 10.1. The van der Waals surface area contributed by atoms with E-state index < -0.39 is 0 Å². The molecule has 174 valence electrons. The minimum Gasteiger partial charge on any atom is -0.377 e. The van der Waals surface area contributed by atoms with Gasteiger partial charge in [-0.05, 0) is 42.7 Å². The first kappa shape index (κ1) is 25.9. The number of carbonyl (C=O) groups excluding carboxylic acids is 1. The normalized spacial score (nSPS) is 21.3. The predicted molar refractivity (Wildman–Crippen MR) is 138 cm³/mol. The number of hydrogen-bond donors (Lipinski definition) is 2. The van der Waals surface area contributed by atoms with Crippen molar-refractivity contribution in [3.05, 3.63) is 29.8 Å². The molecule has 2 aliphatic heterocycles.